The summed E-state index contributed by atoms with van der Waals surface area (Å²) in [6.07, 6.45) is -1.72. The van der Waals surface area contributed by atoms with Crippen molar-refractivity contribution >= 4 is 11.8 Å². The van der Waals surface area contributed by atoms with Crippen LogP contribution < -0.4 is 15.2 Å². The van der Waals surface area contributed by atoms with Crippen LogP contribution in [0.2, 0.25) is 0 Å². The van der Waals surface area contributed by atoms with E-state index >= 15 is 0 Å². The predicted octanol–water partition coefficient (Wildman–Crippen LogP) is 2.95. The molecule has 1 rings (SSSR count). The van der Waals surface area contributed by atoms with Crippen molar-refractivity contribution in [1.82, 2.24) is 0 Å². The van der Waals surface area contributed by atoms with Gasteiger partial charge in [0.1, 0.15) is 0 Å². The first-order valence-corrected chi connectivity index (χ1v) is 6.96. The monoisotopic (exact) mass is 291 g/mol. The highest BCUT2D eigenvalue weighted by atomic mass is 32.2. The van der Waals surface area contributed by atoms with Gasteiger partial charge in [-0.3, -0.25) is 0 Å². The molecule has 0 amide bonds. The van der Waals surface area contributed by atoms with Gasteiger partial charge in [-0.05, 0) is 30.7 Å². The molecule has 0 fully saturated rings. The molecule has 0 aliphatic heterocycles. The Hall–Kier alpha value is -1.01. The molecule has 0 radical (unpaired) electrons. The SMILES string of the molecule is COc1cc(CCN)cc(SCCC(F)F)c1OC. The number of rotatable bonds is 8. The van der Waals surface area contributed by atoms with Crippen LogP contribution in [0.5, 0.6) is 11.5 Å². The number of ether oxygens (including phenoxy) is 2. The third-order valence-electron chi connectivity index (χ3n) is 2.53. The fourth-order valence-corrected chi connectivity index (χ4v) is 2.73. The average Bonchev–Trinajstić information content (AvgIpc) is 2.38. The van der Waals surface area contributed by atoms with Gasteiger partial charge < -0.3 is 15.2 Å². The van der Waals surface area contributed by atoms with E-state index in [-0.39, 0.29) is 6.42 Å². The minimum absolute atomic E-state index is 0.142. The van der Waals surface area contributed by atoms with Crippen LogP contribution in [0.4, 0.5) is 8.78 Å². The Morgan fingerprint density at radius 2 is 2.00 bits per heavy atom. The number of halogens is 2. The van der Waals surface area contributed by atoms with Gasteiger partial charge in [0.15, 0.2) is 11.5 Å². The summed E-state index contributed by atoms with van der Waals surface area (Å²) >= 11 is 1.34. The zero-order valence-corrected chi connectivity index (χ0v) is 11.9. The summed E-state index contributed by atoms with van der Waals surface area (Å²) in [4.78, 5) is 0.811. The van der Waals surface area contributed by atoms with Gasteiger partial charge in [-0.1, -0.05) is 0 Å². The summed E-state index contributed by atoms with van der Waals surface area (Å²) in [7, 11) is 3.09. The number of thioether (sulfide) groups is 1. The summed E-state index contributed by atoms with van der Waals surface area (Å²) in [5.74, 6) is 1.53. The Kier molecular flexibility index (Phi) is 6.94. The van der Waals surface area contributed by atoms with Crippen molar-refractivity contribution in [2.24, 2.45) is 5.73 Å². The maximum absolute atomic E-state index is 12.2. The predicted molar refractivity (Wildman–Crippen MR) is 73.6 cm³/mol. The Labute approximate surface area is 116 Å². The Bertz CT molecular complexity index is 402. The smallest absolute Gasteiger partial charge is 0.239 e. The van der Waals surface area contributed by atoms with Crippen LogP contribution >= 0.6 is 11.8 Å². The van der Waals surface area contributed by atoms with Gasteiger partial charge in [-0.15, -0.1) is 11.8 Å². The molecular weight excluding hydrogens is 272 g/mol. The molecule has 0 heterocycles. The number of nitrogens with two attached hydrogens (primary N) is 1. The van der Waals surface area contributed by atoms with Gasteiger partial charge in [-0.25, -0.2) is 8.78 Å². The molecule has 0 spiro atoms. The maximum Gasteiger partial charge on any atom is 0.239 e. The van der Waals surface area contributed by atoms with Gasteiger partial charge in [0.25, 0.3) is 0 Å². The van der Waals surface area contributed by atoms with Crippen molar-refractivity contribution in [3.63, 3.8) is 0 Å². The molecule has 6 heteroatoms. The summed E-state index contributed by atoms with van der Waals surface area (Å²) in [5.41, 5.74) is 6.55. The molecule has 0 aliphatic rings. The van der Waals surface area contributed by atoms with Crippen LogP contribution in [0.3, 0.4) is 0 Å². The third kappa shape index (κ3) is 4.87. The van der Waals surface area contributed by atoms with E-state index in [2.05, 4.69) is 0 Å². The topological polar surface area (TPSA) is 44.5 Å². The van der Waals surface area contributed by atoms with Crippen LogP contribution in [0.15, 0.2) is 17.0 Å². The van der Waals surface area contributed by atoms with Crippen LogP contribution in [0.25, 0.3) is 0 Å². The van der Waals surface area contributed by atoms with Crippen molar-refractivity contribution in [3.8, 4) is 11.5 Å². The van der Waals surface area contributed by atoms with Crippen molar-refractivity contribution in [2.75, 3.05) is 26.5 Å². The van der Waals surface area contributed by atoms with Crippen molar-refractivity contribution in [1.29, 1.82) is 0 Å². The fourth-order valence-electron chi connectivity index (χ4n) is 1.66. The molecular formula is C13H19F2NO2S. The Morgan fingerprint density at radius 1 is 1.26 bits per heavy atom. The molecule has 0 bridgehead atoms. The zero-order valence-electron chi connectivity index (χ0n) is 11.1. The van der Waals surface area contributed by atoms with E-state index in [9.17, 15) is 8.78 Å². The van der Waals surface area contributed by atoms with Gasteiger partial charge >= 0.3 is 0 Å². The van der Waals surface area contributed by atoms with Crippen molar-refractivity contribution in [2.45, 2.75) is 24.2 Å². The second-order valence-corrected chi connectivity index (χ2v) is 5.03. The lowest BCUT2D eigenvalue weighted by atomic mass is 10.1. The number of methoxy groups -OCH3 is 2. The molecule has 0 saturated heterocycles. The summed E-state index contributed by atoms with van der Waals surface area (Å²) in [6, 6.07) is 3.78. The highest BCUT2D eigenvalue weighted by molar-refractivity contribution is 7.99. The summed E-state index contributed by atoms with van der Waals surface area (Å²) < 4.78 is 34.9. The molecule has 0 aliphatic carbocycles. The molecule has 1 aromatic carbocycles. The van der Waals surface area contributed by atoms with Gasteiger partial charge in [0, 0.05) is 12.2 Å². The summed E-state index contributed by atoms with van der Waals surface area (Å²) in [5, 5.41) is 0. The second kappa shape index (κ2) is 8.22. The molecule has 0 saturated carbocycles. The van der Waals surface area contributed by atoms with E-state index in [0.717, 1.165) is 10.5 Å². The highest BCUT2D eigenvalue weighted by Gasteiger charge is 2.13. The highest BCUT2D eigenvalue weighted by Crippen LogP contribution is 2.39. The molecule has 0 atom stereocenters. The first-order valence-electron chi connectivity index (χ1n) is 5.98. The number of alkyl halides is 2. The number of hydrogen-bond donors (Lipinski definition) is 1. The van der Waals surface area contributed by atoms with Crippen molar-refractivity contribution < 1.29 is 18.3 Å². The van der Waals surface area contributed by atoms with E-state index in [1.807, 2.05) is 12.1 Å². The number of benzene rings is 1. The van der Waals surface area contributed by atoms with E-state index < -0.39 is 6.43 Å². The fraction of sp³-hybridized carbons (Fsp3) is 0.538. The lowest BCUT2D eigenvalue weighted by Crippen LogP contribution is -2.04. The van der Waals surface area contributed by atoms with Crippen molar-refractivity contribution in [3.05, 3.63) is 17.7 Å². The lowest BCUT2D eigenvalue weighted by Gasteiger charge is -2.14. The first kappa shape index (κ1) is 16.0. The standard InChI is InChI=1S/C13H19F2NO2S/c1-17-10-7-9(3-5-16)8-11(13(10)18-2)19-6-4-12(14)15/h7-8,12H,3-6,16H2,1-2H3. The molecule has 108 valence electrons. The van der Waals surface area contributed by atoms with Crippen LogP contribution in [-0.2, 0) is 6.42 Å². The van der Waals surface area contributed by atoms with Crippen LogP contribution in [0, 0.1) is 0 Å². The molecule has 19 heavy (non-hydrogen) atoms. The molecule has 0 unspecified atom stereocenters. The Balaban J connectivity index is 2.93. The van der Waals surface area contributed by atoms with Crippen LogP contribution in [0.1, 0.15) is 12.0 Å². The summed E-state index contributed by atoms with van der Waals surface area (Å²) in [6.45, 7) is 0.524. The zero-order chi connectivity index (χ0) is 14.3. The minimum Gasteiger partial charge on any atom is -0.493 e. The third-order valence-corrected chi connectivity index (χ3v) is 3.59. The normalized spacial score (nSPS) is 10.8. The lowest BCUT2D eigenvalue weighted by molar-refractivity contribution is 0.145. The molecule has 1 aromatic rings. The largest absolute Gasteiger partial charge is 0.493 e. The quantitative estimate of drug-likeness (QED) is 0.748. The maximum atomic E-state index is 12.2. The van der Waals surface area contributed by atoms with Crippen LogP contribution in [-0.4, -0.2) is 32.9 Å². The minimum atomic E-state index is -2.28. The number of hydrogen-bond acceptors (Lipinski definition) is 4. The molecule has 0 aromatic heterocycles. The molecule has 3 nitrogen and oxygen atoms in total. The van der Waals surface area contributed by atoms with E-state index in [1.54, 1.807) is 7.11 Å². The van der Waals surface area contributed by atoms with E-state index in [4.69, 9.17) is 15.2 Å². The van der Waals surface area contributed by atoms with Gasteiger partial charge in [0.2, 0.25) is 6.43 Å². The second-order valence-electron chi connectivity index (χ2n) is 3.90. The Morgan fingerprint density at radius 3 is 2.53 bits per heavy atom. The van der Waals surface area contributed by atoms with E-state index in [1.165, 1.54) is 18.9 Å². The van der Waals surface area contributed by atoms with Gasteiger partial charge in [-0.2, -0.15) is 0 Å². The molecule has 2 N–H and O–H groups in total. The first-order chi connectivity index (χ1) is 9.12. The average molecular weight is 291 g/mol. The van der Waals surface area contributed by atoms with E-state index in [0.29, 0.717) is 30.2 Å². The van der Waals surface area contributed by atoms with Gasteiger partial charge in [0.05, 0.1) is 19.1 Å².